The Labute approximate surface area is 169 Å². The summed E-state index contributed by atoms with van der Waals surface area (Å²) >= 11 is 5.52. The first kappa shape index (κ1) is 19.4. The Bertz CT molecular complexity index is 1030. The third-order valence-corrected chi connectivity index (χ3v) is 5.15. The molecule has 0 unspecified atom stereocenters. The van der Waals surface area contributed by atoms with Gasteiger partial charge in [0.1, 0.15) is 11.9 Å². The van der Waals surface area contributed by atoms with E-state index >= 15 is 0 Å². The van der Waals surface area contributed by atoms with Crippen LogP contribution in [-0.4, -0.2) is 26.5 Å². The zero-order valence-electron chi connectivity index (χ0n) is 15.0. The predicted molar refractivity (Wildman–Crippen MR) is 105 cm³/mol. The van der Waals surface area contributed by atoms with E-state index in [4.69, 9.17) is 12.2 Å². The first-order chi connectivity index (χ1) is 13.8. The van der Waals surface area contributed by atoms with E-state index in [0.29, 0.717) is 13.0 Å². The fourth-order valence-electron chi connectivity index (χ4n) is 3.45. The molecule has 29 heavy (non-hydrogen) atoms. The molecule has 0 saturated heterocycles. The van der Waals surface area contributed by atoms with Crippen LogP contribution in [0.1, 0.15) is 28.6 Å². The number of nitrogens with zero attached hydrogens (tertiary/aromatic N) is 2. The molecule has 4 rings (SSSR count). The Hall–Kier alpha value is -2.94. The molecule has 2 heterocycles. The van der Waals surface area contributed by atoms with Crippen LogP contribution in [0.15, 0.2) is 54.9 Å². The predicted octanol–water partition coefficient (Wildman–Crippen LogP) is 4.91. The van der Waals surface area contributed by atoms with Gasteiger partial charge in [-0.15, -0.1) is 0 Å². The first-order valence-corrected chi connectivity index (χ1v) is 9.26. The summed E-state index contributed by atoms with van der Waals surface area (Å²) in [7, 11) is 0. The lowest BCUT2D eigenvalue weighted by molar-refractivity contribution is -0.137. The average molecular weight is 420 g/mol. The number of aromatic amines is 1. The number of benzene rings is 2. The molecule has 1 aromatic heterocycles. The Morgan fingerprint density at radius 2 is 1.93 bits per heavy atom. The summed E-state index contributed by atoms with van der Waals surface area (Å²) in [6, 6.07) is 10.5. The number of hydrogen-bond acceptors (Lipinski definition) is 2. The van der Waals surface area contributed by atoms with Crippen molar-refractivity contribution in [3.63, 3.8) is 0 Å². The molecule has 0 amide bonds. The Morgan fingerprint density at radius 3 is 2.66 bits per heavy atom. The van der Waals surface area contributed by atoms with Gasteiger partial charge in [-0.2, -0.15) is 13.2 Å². The maximum absolute atomic E-state index is 13.4. The van der Waals surface area contributed by atoms with Gasteiger partial charge >= 0.3 is 6.18 Å². The number of H-pyrrole nitrogens is 1. The normalized spacial score (nSPS) is 16.4. The monoisotopic (exact) mass is 420 g/mol. The van der Waals surface area contributed by atoms with Crippen LogP contribution in [0.25, 0.3) is 0 Å². The number of anilines is 1. The Morgan fingerprint density at radius 1 is 1.17 bits per heavy atom. The molecular weight excluding hydrogens is 404 g/mol. The Kier molecular flexibility index (Phi) is 4.99. The molecule has 1 aliphatic rings. The van der Waals surface area contributed by atoms with E-state index in [1.165, 1.54) is 24.3 Å². The van der Waals surface area contributed by atoms with Gasteiger partial charge in [0.2, 0.25) is 0 Å². The van der Waals surface area contributed by atoms with Crippen molar-refractivity contribution >= 4 is 23.0 Å². The highest BCUT2D eigenvalue weighted by Crippen LogP contribution is 2.35. The van der Waals surface area contributed by atoms with Crippen LogP contribution in [0.5, 0.6) is 0 Å². The van der Waals surface area contributed by atoms with Crippen molar-refractivity contribution in [1.82, 2.24) is 14.9 Å². The van der Waals surface area contributed by atoms with E-state index < -0.39 is 11.7 Å². The molecule has 1 aliphatic heterocycles. The van der Waals surface area contributed by atoms with E-state index in [-0.39, 0.29) is 22.7 Å². The van der Waals surface area contributed by atoms with Crippen molar-refractivity contribution in [3.05, 3.63) is 83.2 Å². The smallest absolute Gasteiger partial charge is 0.348 e. The molecule has 0 saturated carbocycles. The largest absolute Gasteiger partial charge is 0.416 e. The van der Waals surface area contributed by atoms with Gasteiger partial charge in [-0.3, -0.25) is 0 Å². The Balaban J connectivity index is 1.64. The van der Waals surface area contributed by atoms with Gasteiger partial charge < -0.3 is 15.2 Å². The van der Waals surface area contributed by atoms with E-state index in [1.807, 2.05) is 4.90 Å². The second-order valence-electron chi connectivity index (χ2n) is 6.67. The standard InChI is InChI=1S/C20H16F4N4S/c21-14-6-4-12(5-7-14)18-17-16(25-11-26-17)8-9-28(18)19(29)27-15-3-1-2-13(10-15)20(22,23)24/h1-7,10-11,18H,8-9H2,(H,25,26)(H,27,29)/t18-/m0/s1. The third kappa shape index (κ3) is 3.95. The fourth-order valence-corrected chi connectivity index (χ4v) is 3.76. The number of aromatic nitrogens is 2. The molecule has 0 bridgehead atoms. The number of fused-ring (bicyclic) bond motifs is 1. The number of imidazole rings is 1. The maximum Gasteiger partial charge on any atom is 0.416 e. The summed E-state index contributed by atoms with van der Waals surface area (Å²) in [6.07, 6.45) is -2.20. The third-order valence-electron chi connectivity index (χ3n) is 4.81. The van der Waals surface area contributed by atoms with Gasteiger partial charge in [0, 0.05) is 24.3 Å². The molecular formula is C20H16F4N4S. The number of thiocarbonyl (C=S) groups is 1. The van der Waals surface area contributed by atoms with E-state index in [0.717, 1.165) is 29.1 Å². The highest BCUT2D eigenvalue weighted by atomic mass is 32.1. The minimum atomic E-state index is -4.44. The van der Waals surface area contributed by atoms with Gasteiger partial charge in [-0.25, -0.2) is 9.37 Å². The van der Waals surface area contributed by atoms with Crippen molar-refractivity contribution in [3.8, 4) is 0 Å². The van der Waals surface area contributed by atoms with Crippen molar-refractivity contribution in [2.75, 3.05) is 11.9 Å². The van der Waals surface area contributed by atoms with E-state index in [2.05, 4.69) is 15.3 Å². The highest BCUT2D eigenvalue weighted by Gasteiger charge is 2.33. The lowest BCUT2D eigenvalue weighted by atomic mass is 9.96. The summed E-state index contributed by atoms with van der Waals surface area (Å²) in [5, 5.41) is 3.17. The van der Waals surface area contributed by atoms with E-state index in [1.54, 1.807) is 18.5 Å². The van der Waals surface area contributed by atoms with Crippen LogP contribution in [0.3, 0.4) is 0 Å². The minimum Gasteiger partial charge on any atom is -0.348 e. The van der Waals surface area contributed by atoms with Crippen LogP contribution >= 0.6 is 12.2 Å². The molecule has 3 aromatic rings. The molecule has 2 N–H and O–H groups in total. The lowest BCUT2D eigenvalue weighted by Crippen LogP contribution is -2.43. The van der Waals surface area contributed by atoms with Gasteiger partial charge in [-0.1, -0.05) is 18.2 Å². The molecule has 0 fully saturated rings. The zero-order valence-corrected chi connectivity index (χ0v) is 15.8. The molecule has 4 nitrogen and oxygen atoms in total. The van der Waals surface area contributed by atoms with Gasteiger partial charge in [0.15, 0.2) is 5.11 Å². The quantitative estimate of drug-likeness (QED) is 0.457. The molecule has 9 heteroatoms. The highest BCUT2D eigenvalue weighted by molar-refractivity contribution is 7.80. The van der Waals surface area contributed by atoms with Crippen molar-refractivity contribution in [2.45, 2.75) is 18.6 Å². The fraction of sp³-hybridized carbons (Fsp3) is 0.200. The molecule has 0 aliphatic carbocycles. The van der Waals surface area contributed by atoms with Crippen LogP contribution in [0, 0.1) is 5.82 Å². The van der Waals surface area contributed by atoms with Crippen molar-refractivity contribution in [2.24, 2.45) is 0 Å². The summed E-state index contributed by atoms with van der Waals surface area (Å²) in [4.78, 5) is 9.35. The molecule has 1 atom stereocenters. The van der Waals surface area contributed by atoms with Gasteiger partial charge in [0.05, 0.1) is 17.6 Å². The second kappa shape index (κ2) is 7.47. The maximum atomic E-state index is 13.4. The summed E-state index contributed by atoms with van der Waals surface area (Å²) in [5.74, 6) is -0.358. The SMILES string of the molecule is Fc1ccc([C@H]2c3nc[nH]c3CCN2C(=S)Nc2cccc(C(F)(F)F)c2)cc1. The number of rotatable bonds is 2. The molecule has 150 valence electrons. The van der Waals surface area contributed by atoms with Gasteiger partial charge in [0.25, 0.3) is 0 Å². The topological polar surface area (TPSA) is 44.0 Å². The lowest BCUT2D eigenvalue weighted by Gasteiger charge is -2.37. The zero-order chi connectivity index (χ0) is 20.6. The molecule has 0 spiro atoms. The summed E-state index contributed by atoms with van der Waals surface area (Å²) in [6.45, 7) is 0.530. The van der Waals surface area contributed by atoms with Crippen LogP contribution in [0.4, 0.5) is 23.2 Å². The van der Waals surface area contributed by atoms with E-state index in [9.17, 15) is 17.6 Å². The first-order valence-electron chi connectivity index (χ1n) is 8.85. The summed E-state index contributed by atoms with van der Waals surface area (Å²) in [5.41, 5.74) is 1.99. The average Bonchev–Trinajstić information content (AvgIpc) is 3.16. The molecule has 2 aromatic carbocycles. The number of hydrogen-bond donors (Lipinski definition) is 2. The number of alkyl halides is 3. The van der Waals surface area contributed by atoms with Crippen LogP contribution in [-0.2, 0) is 12.6 Å². The van der Waals surface area contributed by atoms with Crippen molar-refractivity contribution < 1.29 is 17.6 Å². The summed E-state index contributed by atoms with van der Waals surface area (Å²) < 4.78 is 52.4. The molecule has 0 radical (unpaired) electrons. The minimum absolute atomic E-state index is 0.246. The van der Waals surface area contributed by atoms with Gasteiger partial charge in [-0.05, 0) is 48.1 Å². The van der Waals surface area contributed by atoms with Crippen LogP contribution < -0.4 is 5.32 Å². The van der Waals surface area contributed by atoms with Crippen molar-refractivity contribution in [1.29, 1.82) is 0 Å². The number of halogens is 4. The second-order valence-corrected chi connectivity index (χ2v) is 7.06. The number of nitrogens with one attached hydrogen (secondary N) is 2. The van der Waals surface area contributed by atoms with Crippen LogP contribution in [0.2, 0.25) is 0 Å².